The SMILES string of the molecule is C=C1NSC(C)C/C=C/CC(O)C2CCC2CN2CC3(CCCc4cc(Cl)ccc43)CCc3ccc1cc32. The predicted molar refractivity (Wildman–Crippen MR) is 163 cm³/mol. The van der Waals surface area contributed by atoms with Crippen molar-refractivity contribution >= 4 is 34.9 Å². The van der Waals surface area contributed by atoms with Crippen molar-refractivity contribution in [3.8, 4) is 0 Å². The van der Waals surface area contributed by atoms with Crippen molar-refractivity contribution in [2.24, 2.45) is 11.8 Å². The van der Waals surface area contributed by atoms with Gasteiger partial charge in [0.1, 0.15) is 0 Å². The van der Waals surface area contributed by atoms with Crippen LogP contribution in [0.25, 0.3) is 5.70 Å². The minimum atomic E-state index is -0.247. The predicted octanol–water partition coefficient (Wildman–Crippen LogP) is 7.70. The molecule has 38 heavy (non-hydrogen) atoms. The lowest BCUT2D eigenvalue weighted by atomic mass is 9.66. The molecule has 202 valence electrons. The molecule has 0 aromatic heterocycles. The van der Waals surface area contributed by atoms with Gasteiger partial charge in [0.05, 0.1) is 6.10 Å². The molecule has 5 heteroatoms. The number of halogens is 1. The van der Waals surface area contributed by atoms with Crippen molar-refractivity contribution in [3.63, 3.8) is 0 Å². The number of fused-ring (bicyclic) bond motifs is 4. The van der Waals surface area contributed by atoms with Gasteiger partial charge in [0.2, 0.25) is 0 Å². The van der Waals surface area contributed by atoms with Crippen LogP contribution in [0, 0.1) is 11.8 Å². The monoisotopic (exact) mass is 548 g/mol. The molecule has 2 aliphatic carbocycles. The number of anilines is 1. The number of aryl methyl sites for hydroxylation is 2. The van der Waals surface area contributed by atoms with E-state index in [0.29, 0.717) is 17.1 Å². The summed E-state index contributed by atoms with van der Waals surface area (Å²) in [4.78, 5) is 2.70. The van der Waals surface area contributed by atoms with Gasteiger partial charge in [-0.05, 0) is 122 Å². The van der Waals surface area contributed by atoms with Gasteiger partial charge < -0.3 is 14.7 Å². The van der Waals surface area contributed by atoms with Crippen LogP contribution in [0.15, 0.2) is 55.1 Å². The van der Waals surface area contributed by atoms with Crippen molar-refractivity contribution in [2.45, 2.75) is 81.5 Å². The quantitative estimate of drug-likeness (QED) is 0.261. The molecule has 5 atom stereocenters. The number of allylic oxidation sites excluding steroid dienone is 1. The maximum absolute atomic E-state index is 11.1. The number of nitrogens with zero attached hydrogens (tertiary/aromatic N) is 1. The van der Waals surface area contributed by atoms with Gasteiger partial charge in [-0.15, -0.1) is 0 Å². The Morgan fingerprint density at radius 2 is 1.92 bits per heavy atom. The Hall–Kier alpha value is -1.88. The highest BCUT2D eigenvalue weighted by molar-refractivity contribution is 7.98. The van der Waals surface area contributed by atoms with Crippen molar-refractivity contribution in [2.75, 3.05) is 18.0 Å². The van der Waals surface area contributed by atoms with Crippen LogP contribution >= 0.6 is 23.5 Å². The van der Waals surface area contributed by atoms with Crippen molar-refractivity contribution in [3.05, 3.63) is 82.4 Å². The first kappa shape index (κ1) is 26.3. The number of aliphatic hydroxyl groups is 1. The second-order valence-corrected chi connectivity index (χ2v) is 13.9. The summed E-state index contributed by atoms with van der Waals surface area (Å²) in [6.45, 7) is 8.69. The highest BCUT2D eigenvalue weighted by atomic mass is 35.5. The Balaban J connectivity index is 1.39. The summed E-state index contributed by atoms with van der Waals surface area (Å²) in [5.74, 6) is 0.918. The lowest BCUT2D eigenvalue weighted by molar-refractivity contribution is 0.0177. The summed E-state index contributed by atoms with van der Waals surface area (Å²) in [6, 6.07) is 13.6. The minimum Gasteiger partial charge on any atom is -0.393 e. The van der Waals surface area contributed by atoms with Crippen LogP contribution < -0.4 is 9.62 Å². The van der Waals surface area contributed by atoms with Gasteiger partial charge >= 0.3 is 0 Å². The van der Waals surface area contributed by atoms with Gasteiger partial charge in [0, 0.05) is 40.2 Å². The Kier molecular flexibility index (Phi) is 7.59. The van der Waals surface area contributed by atoms with Crippen LogP contribution in [0.1, 0.15) is 74.1 Å². The molecule has 1 spiro atoms. The van der Waals surface area contributed by atoms with E-state index in [1.54, 1.807) is 11.9 Å². The zero-order valence-electron chi connectivity index (χ0n) is 22.6. The average molecular weight is 549 g/mol. The van der Waals surface area contributed by atoms with Crippen molar-refractivity contribution in [1.82, 2.24) is 4.72 Å². The second-order valence-electron chi connectivity index (χ2n) is 12.2. The first-order chi connectivity index (χ1) is 18.4. The van der Waals surface area contributed by atoms with E-state index in [0.717, 1.165) is 55.9 Å². The highest BCUT2D eigenvalue weighted by Crippen LogP contribution is 2.47. The summed E-state index contributed by atoms with van der Waals surface area (Å²) in [6.07, 6.45) is 14.1. The fourth-order valence-corrected chi connectivity index (χ4v) is 8.24. The fraction of sp³-hybridized carbons (Fsp3) is 0.515. The number of rotatable bonds is 0. The largest absolute Gasteiger partial charge is 0.393 e. The summed E-state index contributed by atoms with van der Waals surface area (Å²) in [5.41, 5.74) is 8.06. The van der Waals surface area contributed by atoms with E-state index in [9.17, 15) is 5.11 Å². The van der Waals surface area contributed by atoms with E-state index in [1.165, 1.54) is 53.6 Å². The summed E-state index contributed by atoms with van der Waals surface area (Å²) >= 11 is 8.18. The van der Waals surface area contributed by atoms with Crippen LogP contribution in [-0.4, -0.2) is 29.5 Å². The summed E-state index contributed by atoms with van der Waals surface area (Å²) in [7, 11) is 0. The molecule has 1 fully saturated rings. The van der Waals surface area contributed by atoms with Crippen LogP contribution in [0.3, 0.4) is 0 Å². The molecule has 3 nitrogen and oxygen atoms in total. The number of benzene rings is 2. The molecule has 1 saturated carbocycles. The normalized spacial score (nSPS) is 32.4. The lowest BCUT2D eigenvalue weighted by Crippen LogP contribution is -2.48. The van der Waals surface area contributed by atoms with Crippen molar-refractivity contribution in [1.29, 1.82) is 0 Å². The topological polar surface area (TPSA) is 35.5 Å². The third kappa shape index (κ3) is 5.17. The minimum absolute atomic E-state index is 0.138. The zero-order valence-corrected chi connectivity index (χ0v) is 24.2. The number of hydrogen-bond donors (Lipinski definition) is 2. The highest BCUT2D eigenvalue weighted by Gasteiger charge is 2.43. The molecule has 0 radical (unpaired) electrons. The van der Waals surface area contributed by atoms with E-state index >= 15 is 0 Å². The summed E-state index contributed by atoms with van der Waals surface area (Å²) < 4.78 is 3.53. The molecule has 2 aliphatic heterocycles. The van der Waals surface area contributed by atoms with Crippen LogP contribution in [-0.2, 0) is 18.3 Å². The van der Waals surface area contributed by atoms with Gasteiger partial charge in [-0.2, -0.15) is 0 Å². The third-order valence-corrected chi connectivity index (χ3v) is 10.9. The van der Waals surface area contributed by atoms with E-state index in [4.69, 9.17) is 11.6 Å². The average Bonchev–Trinajstić information content (AvgIpc) is 3.04. The molecule has 2 aromatic carbocycles. The molecule has 2 aromatic rings. The molecular weight excluding hydrogens is 508 g/mol. The first-order valence-corrected chi connectivity index (χ1v) is 15.8. The Morgan fingerprint density at radius 3 is 2.76 bits per heavy atom. The molecule has 0 amide bonds. The molecule has 0 saturated heterocycles. The van der Waals surface area contributed by atoms with Gasteiger partial charge in [-0.25, -0.2) is 0 Å². The maximum Gasteiger partial charge on any atom is 0.0606 e. The van der Waals surface area contributed by atoms with E-state index < -0.39 is 0 Å². The Labute approximate surface area is 237 Å². The fourth-order valence-electron chi connectivity index (χ4n) is 7.37. The van der Waals surface area contributed by atoms with Gasteiger partial charge in [-0.1, -0.05) is 55.5 Å². The van der Waals surface area contributed by atoms with Crippen LogP contribution in [0.2, 0.25) is 5.02 Å². The number of nitrogens with one attached hydrogen (secondary N) is 1. The van der Waals surface area contributed by atoms with Crippen LogP contribution in [0.4, 0.5) is 5.69 Å². The Bertz CT molecular complexity index is 1230. The molecule has 2 N–H and O–H groups in total. The first-order valence-electron chi connectivity index (χ1n) is 14.5. The number of hydrogen-bond acceptors (Lipinski definition) is 4. The molecule has 2 heterocycles. The zero-order chi connectivity index (χ0) is 26.3. The Morgan fingerprint density at radius 1 is 1.05 bits per heavy atom. The van der Waals surface area contributed by atoms with E-state index in [-0.39, 0.29) is 11.5 Å². The standard InChI is InChI=1S/C33H41ClN2OS/c1-22-6-3-4-8-32(37)29-13-11-27(29)20-36-21-33(16-5-7-26-18-28(34)12-14-30(26)33)17-15-24-9-10-25(19-31(24)36)23(2)35-38-22/h3-4,9-10,12,14,18-19,22,27,29,32,35,37H,2,5-8,11,13,15-17,20-21H2,1H3/b4-3+. The van der Waals surface area contributed by atoms with Gasteiger partial charge in [0.15, 0.2) is 0 Å². The lowest BCUT2D eigenvalue weighted by Gasteiger charge is -2.46. The maximum atomic E-state index is 11.1. The molecule has 2 bridgehead atoms. The van der Waals surface area contributed by atoms with Crippen molar-refractivity contribution < 1.29 is 5.11 Å². The molecular formula is C33H41ClN2OS. The van der Waals surface area contributed by atoms with E-state index in [1.807, 2.05) is 0 Å². The van der Waals surface area contributed by atoms with Crippen LogP contribution in [0.5, 0.6) is 0 Å². The third-order valence-electron chi connectivity index (χ3n) is 9.70. The smallest absolute Gasteiger partial charge is 0.0606 e. The molecule has 4 aliphatic rings. The molecule has 5 unspecified atom stereocenters. The van der Waals surface area contributed by atoms with E-state index in [2.05, 4.69) is 71.7 Å². The summed E-state index contributed by atoms with van der Waals surface area (Å²) in [5, 5.41) is 12.4. The molecule has 6 rings (SSSR count). The van der Waals surface area contributed by atoms with Gasteiger partial charge in [-0.3, -0.25) is 0 Å². The second kappa shape index (κ2) is 10.9. The number of aliphatic hydroxyl groups excluding tert-OH is 1. The van der Waals surface area contributed by atoms with Gasteiger partial charge in [0.25, 0.3) is 0 Å².